The zero-order chi connectivity index (χ0) is 18.9. The number of aryl methyl sites for hydroxylation is 1. The van der Waals surface area contributed by atoms with E-state index in [-0.39, 0.29) is 34.6 Å². The summed E-state index contributed by atoms with van der Waals surface area (Å²) in [5.41, 5.74) is 0.651. The van der Waals surface area contributed by atoms with Gasteiger partial charge < -0.3 is 27.8 Å². The van der Waals surface area contributed by atoms with Gasteiger partial charge in [-0.3, -0.25) is 0 Å². The Hall–Kier alpha value is -3.04. The predicted octanol–water partition coefficient (Wildman–Crippen LogP) is 1.52. The van der Waals surface area contributed by atoms with Gasteiger partial charge in [-0.05, 0) is 18.6 Å². The molecule has 0 spiro atoms. The molecule has 0 aliphatic heterocycles. The highest BCUT2D eigenvalue weighted by atomic mass is 32.3. The molecular formula is C17H12O8S-2. The minimum atomic E-state index is -5.10. The van der Waals surface area contributed by atoms with E-state index in [1.807, 2.05) is 6.07 Å². The summed E-state index contributed by atoms with van der Waals surface area (Å²) >= 11 is 0. The van der Waals surface area contributed by atoms with Crippen molar-refractivity contribution < 1.29 is 36.2 Å². The molecule has 2 aromatic carbocycles. The van der Waals surface area contributed by atoms with Crippen LogP contribution in [0.15, 0.2) is 46.9 Å². The highest BCUT2D eigenvalue weighted by Crippen LogP contribution is 2.37. The quantitative estimate of drug-likeness (QED) is 0.468. The van der Waals surface area contributed by atoms with Crippen LogP contribution in [0.3, 0.4) is 0 Å². The zero-order valence-electron chi connectivity index (χ0n) is 13.4. The number of carboxylic acid groups (broad SMARTS) is 1. The number of benzene rings is 2. The normalized spacial score (nSPS) is 11.5. The summed E-state index contributed by atoms with van der Waals surface area (Å²) in [7, 11) is -5.10. The first-order chi connectivity index (χ1) is 12.2. The van der Waals surface area contributed by atoms with Gasteiger partial charge in [0.1, 0.15) is 18.0 Å². The second kappa shape index (κ2) is 6.70. The molecule has 0 unspecified atom stereocenters. The number of furan rings is 1. The number of hydrogen-bond donors (Lipinski definition) is 0. The van der Waals surface area contributed by atoms with E-state index in [2.05, 4.69) is 4.18 Å². The van der Waals surface area contributed by atoms with Crippen molar-refractivity contribution in [3.63, 3.8) is 0 Å². The first kappa shape index (κ1) is 17.8. The standard InChI is InChI=1S/C17H14O8S/c1-10-16(17(18)19)12-7-15(25-26(20,21)22)14(8-13(12)24-10)23-9-11-5-3-2-4-6-11/h2-8H,9H2,1H3,(H,18,19)(H,20,21,22)/p-2. The van der Waals surface area contributed by atoms with Crippen LogP contribution in [0, 0.1) is 6.92 Å². The molecule has 26 heavy (non-hydrogen) atoms. The lowest BCUT2D eigenvalue weighted by atomic mass is 10.1. The van der Waals surface area contributed by atoms with Crippen molar-refractivity contribution in [3.05, 3.63) is 59.4 Å². The first-order valence-corrected chi connectivity index (χ1v) is 8.68. The summed E-state index contributed by atoms with van der Waals surface area (Å²) in [6.45, 7) is 1.48. The molecule has 0 fully saturated rings. The van der Waals surface area contributed by atoms with Gasteiger partial charge >= 0.3 is 0 Å². The lowest BCUT2D eigenvalue weighted by Crippen LogP contribution is -2.22. The topological polar surface area (TPSA) is 129 Å². The summed E-state index contributed by atoms with van der Waals surface area (Å²) < 4.78 is 48.3. The van der Waals surface area contributed by atoms with E-state index in [0.29, 0.717) is 0 Å². The Labute approximate surface area is 148 Å². The van der Waals surface area contributed by atoms with E-state index in [0.717, 1.165) is 11.6 Å². The molecule has 0 aliphatic rings. The Bertz CT molecular complexity index is 1070. The maximum absolute atomic E-state index is 11.3. The maximum atomic E-state index is 11.3. The number of carbonyl (C=O) groups is 1. The third-order valence-electron chi connectivity index (χ3n) is 3.56. The Morgan fingerprint density at radius 2 is 1.85 bits per heavy atom. The summed E-state index contributed by atoms with van der Waals surface area (Å²) in [6.07, 6.45) is 0. The molecule has 0 bridgehead atoms. The Kier molecular flexibility index (Phi) is 4.58. The second-order valence-corrected chi connectivity index (χ2v) is 6.36. The van der Waals surface area contributed by atoms with Crippen LogP contribution >= 0.6 is 0 Å². The van der Waals surface area contributed by atoms with Crippen LogP contribution in [0.2, 0.25) is 0 Å². The van der Waals surface area contributed by atoms with Gasteiger partial charge in [-0.1, -0.05) is 30.3 Å². The van der Waals surface area contributed by atoms with Gasteiger partial charge in [0, 0.05) is 17.0 Å². The van der Waals surface area contributed by atoms with E-state index in [9.17, 15) is 22.9 Å². The molecule has 1 aromatic heterocycles. The summed E-state index contributed by atoms with van der Waals surface area (Å²) in [5, 5.41) is 11.3. The van der Waals surface area contributed by atoms with Gasteiger partial charge in [-0.15, -0.1) is 0 Å². The summed E-state index contributed by atoms with van der Waals surface area (Å²) in [4.78, 5) is 11.3. The molecule has 0 aliphatic carbocycles. The fraction of sp³-hybridized carbons (Fsp3) is 0.118. The predicted molar refractivity (Wildman–Crippen MR) is 86.4 cm³/mol. The molecule has 0 atom stereocenters. The third-order valence-corrected chi connectivity index (χ3v) is 3.95. The Morgan fingerprint density at radius 3 is 2.46 bits per heavy atom. The molecule has 8 nitrogen and oxygen atoms in total. The van der Waals surface area contributed by atoms with Crippen molar-refractivity contribution >= 4 is 27.3 Å². The lowest BCUT2D eigenvalue weighted by molar-refractivity contribution is -0.254. The van der Waals surface area contributed by atoms with E-state index in [4.69, 9.17) is 9.15 Å². The van der Waals surface area contributed by atoms with Gasteiger partial charge in [-0.25, -0.2) is 8.42 Å². The van der Waals surface area contributed by atoms with Gasteiger partial charge in [0.2, 0.25) is 0 Å². The zero-order valence-corrected chi connectivity index (χ0v) is 14.2. The molecule has 136 valence electrons. The third kappa shape index (κ3) is 3.79. The maximum Gasteiger partial charge on any atom is 0.262 e. The van der Waals surface area contributed by atoms with Crippen LogP contribution < -0.4 is 14.0 Å². The molecule has 0 amide bonds. The monoisotopic (exact) mass is 376 g/mol. The fourth-order valence-electron chi connectivity index (χ4n) is 2.50. The SMILES string of the molecule is Cc1oc2cc(OCc3ccccc3)c(OS(=O)(=O)[O-])cc2c1C(=O)[O-]. The van der Waals surface area contributed by atoms with E-state index in [1.165, 1.54) is 13.0 Å². The van der Waals surface area contributed by atoms with Crippen LogP contribution in [0.1, 0.15) is 21.7 Å². The number of aromatic carboxylic acids is 1. The van der Waals surface area contributed by atoms with Crippen LogP contribution in [0.25, 0.3) is 11.0 Å². The largest absolute Gasteiger partial charge is 0.716 e. The number of hydrogen-bond acceptors (Lipinski definition) is 8. The number of carbonyl (C=O) groups excluding carboxylic acids is 1. The molecular weight excluding hydrogens is 364 g/mol. The van der Waals surface area contributed by atoms with Gasteiger partial charge in [-0.2, -0.15) is 0 Å². The number of fused-ring (bicyclic) bond motifs is 1. The first-order valence-electron chi connectivity index (χ1n) is 7.35. The van der Waals surface area contributed by atoms with Crippen LogP contribution in [-0.2, 0) is 17.0 Å². The van der Waals surface area contributed by atoms with E-state index in [1.54, 1.807) is 24.3 Å². The molecule has 9 heteroatoms. The van der Waals surface area contributed by atoms with Gasteiger partial charge in [0.15, 0.2) is 11.5 Å². The van der Waals surface area contributed by atoms with Crippen LogP contribution in [0.4, 0.5) is 0 Å². The Morgan fingerprint density at radius 1 is 1.15 bits per heavy atom. The van der Waals surface area contributed by atoms with Gasteiger partial charge in [0.25, 0.3) is 10.4 Å². The van der Waals surface area contributed by atoms with E-state index >= 15 is 0 Å². The van der Waals surface area contributed by atoms with Crippen molar-refractivity contribution in [1.29, 1.82) is 0 Å². The highest BCUT2D eigenvalue weighted by molar-refractivity contribution is 7.81. The average Bonchev–Trinajstić information content (AvgIpc) is 2.87. The van der Waals surface area contributed by atoms with Crippen molar-refractivity contribution in [2.75, 3.05) is 0 Å². The lowest BCUT2D eigenvalue weighted by Gasteiger charge is -2.14. The van der Waals surface area contributed by atoms with Crippen LogP contribution in [0.5, 0.6) is 11.5 Å². The molecule has 0 radical (unpaired) electrons. The molecule has 3 aromatic rings. The molecule has 3 rings (SSSR count). The molecule has 0 saturated heterocycles. The molecule has 0 N–H and O–H groups in total. The minimum absolute atomic E-state index is 0.0354. The fourth-order valence-corrected chi connectivity index (χ4v) is 2.85. The number of rotatable bonds is 6. The van der Waals surface area contributed by atoms with E-state index < -0.39 is 22.1 Å². The highest BCUT2D eigenvalue weighted by Gasteiger charge is 2.18. The summed E-state index contributed by atoms with van der Waals surface area (Å²) in [5.74, 6) is -1.96. The molecule has 0 saturated carbocycles. The van der Waals surface area contributed by atoms with Crippen LogP contribution in [-0.4, -0.2) is 18.9 Å². The van der Waals surface area contributed by atoms with Crippen molar-refractivity contribution in [1.82, 2.24) is 0 Å². The average molecular weight is 376 g/mol. The number of carboxylic acids is 1. The minimum Gasteiger partial charge on any atom is -0.716 e. The van der Waals surface area contributed by atoms with Gasteiger partial charge in [0.05, 0.1) is 5.97 Å². The molecule has 1 heterocycles. The van der Waals surface area contributed by atoms with Crippen molar-refractivity contribution in [3.8, 4) is 11.5 Å². The Balaban J connectivity index is 2.07. The summed E-state index contributed by atoms with van der Waals surface area (Å²) in [6, 6.07) is 11.3. The van der Waals surface area contributed by atoms with Crippen molar-refractivity contribution in [2.45, 2.75) is 13.5 Å². The number of ether oxygens (including phenoxy) is 1. The van der Waals surface area contributed by atoms with Crippen molar-refractivity contribution in [2.24, 2.45) is 0 Å². The smallest absolute Gasteiger partial charge is 0.262 e. The second-order valence-electron chi connectivity index (χ2n) is 5.38.